The molecule has 32 heavy (non-hydrogen) atoms. The number of benzene rings is 3. The summed E-state index contributed by atoms with van der Waals surface area (Å²) in [6.07, 6.45) is 0. The van der Waals surface area contributed by atoms with Gasteiger partial charge in [-0.25, -0.2) is 8.42 Å². The molecular weight excluding hydrogens is 489 g/mol. The highest BCUT2D eigenvalue weighted by Gasteiger charge is 2.15. The molecule has 0 bridgehead atoms. The normalized spacial score (nSPS) is 12.3. The Bertz CT molecular complexity index is 1470. The van der Waals surface area contributed by atoms with Crippen molar-refractivity contribution in [1.29, 1.82) is 0 Å². The van der Waals surface area contributed by atoms with E-state index in [0.29, 0.717) is 32.6 Å². The Labute approximate surface area is 198 Å². The van der Waals surface area contributed by atoms with Gasteiger partial charge in [0.05, 0.1) is 15.1 Å². The predicted molar refractivity (Wildman–Crippen MR) is 129 cm³/mol. The Morgan fingerprint density at radius 2 is 1.66 bits per heavy atom. The molecule has 4 aromatic rings. The standard InChI is InChI=1S/C22H17Cl2N3O3S2/c1-2-27-19-12-7-16(24)13-20(19)31-22(27)25-21(28)14-3-8-17(9-4-14)26-32(29,30)18-10-5-15(23)6-11-18/h3-13,26H,2H2,1H3. The first kappa shape index (κ1) is 22.5. The van der Waals surface area contributed by atoms with Crippen LogP contribution in [0, 0.1) is 0 Å². The van der Waals surface area contributed by atoms with Crippen molar-refractivity contribution in [1.82, 2.24) is 4.57 Å². The van der Waals surface area contributed by atoms with Gasteiger partial charge in [0.25, 0.3) is 15.9 Å². The van der Waals surface area contributed by atoms with Gasteiger partial charge in [0.2, 0.25) is 0 Å². The van der Waals surface area contributed by atoms with Gasteiger partial charge in [-0.3, -0.25) is 9.52 Å². The van der Waals surface area contributed by atoms with E-state index in [4.69, 9.17) is 23.2 Å². The number of rotatable bonds is 5. The lowest BCUT2D eigenvalue weighted by Crippen LogP contribution is -2.16. The third kappa shape index (κ3) is 4.73. The number of halogens is 2. The zero-order valence-electron chi connectivity index (χ0n) is 16.7. The van der Waals surface area contributed by atoms with Gasteiger partial charge in [-0.15, -0.1) is 0 Å². The van der Waals surface area contributed by atoms with Crippen LogP contribution in [0.15, 0.2) is 76.6 Å². The number of sulfonamides is 1. The summed E-state index contributed by atoms with van der Waals surface area (Å²) in [4.78, 5) is 17.7. The molecule has 3 aromatic carbocycles. The summed E-state index contributed by atoms with van der Waals surface area (Å²) in [6.45, 7) is 2.63. The van der Waals surface area contributed by atoms with Crippen LogP contribution in [0.25, 0.3) is 10.2 Å². The minimum atomic E-state index is -3.77. The van der Waals surface area contributed by atoms with Crippen molar-refractivity contribution in [3.63, 3.8) is 0 Å². The molecule has 1 aromatic heterocycles. The van der Waals surface area contributed by atoms with Crippen LogP contribution >= 0.6 is 34.5 Å². The minimum absolute atomic E-state index is 0.0889. The quantitative estimate of drug-likeness (QED) is 0.384. The maximum absolute atomic E-state index is 12.7. The molecule has 0 fully saturated rings. The summed E-state index contributed by atoms with van der Waals surface area (Å²) in [5, 5.41) is 1.07. The van der Waals surface area contributed by atoms with E-state index in [9.17, 15) is 13.2 Å². The first-order chi connectivity index (χ1) is 15.3. The van der Waals surface area contributed by atoms with Crippen LogP contribution in [0.3, 0.4) is 0 Å². The summed E-state index contributed by atoms with van der Waals surface area (Å²) in [6, 6.07) is 17.5. The van der Waals surface area contributed by atoms with E-state index in [0.717, 1.165) is 10.2 Å². The first-order valence-corrected chi connectivity index (χ1v) is 12.6. The van der Waals surface area contributed by atoms with Crippen molar-refractivity contribution in [2.45, 2.75) is 18.4 Å². The number of anilines is 1. The SMILES string of the molecule is CCn1c(=NC(=O)c2ccc(NS(=O)(=O)c3ccc(Cl)cc3)cc2)sc2cc(Cl)ccc21. The number of aryl methyl sites for hydroxylation is 1. The van der Waals surface area contributed by atoms with Crippen molar-refractivity contribution < 1.29 is 13.2 Å². The van der Waals surface area contributed by atoms with Crippen molar-refractivity contribution >= 4 is 66.4 Å². The van der Waals surface area contributed by atoms with Gasteiger partial charge in [-0.2, -0.15) is 4.99 Å². The van der Waals surface area contributed by atoms with E-state index in [1.54, 1.807) is 6.07 Å². The van der Waals surface area contributed by atoms with Gasteiger partial charge >= 0.3 is 0 Å². The van der Waals surface area contributed by atoms with Crippen molar-refractivity contribution in [2.75, 3.05) is 4.72 Å². The number of nitrogens with zero attached hydrogens (tertiary/aromatic N) is 2. The van der Waals surface area contributed by atoms with E-state index in [2.05, 4.69) is 9.71 Å². The molecule has 1 heterocycles. The number of fused-ring (bicyclic) bond motifs is 1. The highest BCUT2D eigenvalue weighted by atomic mass is 35.5. The van der Waals surface area contributed by atoms with Gasteiger partial charge in [0.1, 0.15) is 0 Å². The Kier molecular flexibility index (Phi) is 6.39. The first-order valence-electron chi connectivity index (χ1n) is 9.53. The van der Waals surface area contributed by atoms with Gasteiger partial charge in [0, 0.05) is 27.8 Å². The topological polar surface area (TPSA) is 80.5 Å². The number of hydrogen-bond acceptors (Lipinski definition) is 4. The molecule has 0 aliphatic rings. The zero-order valence-corrected chi connectivity index (χ0v) is 19.9. The van der Waals surface area contributed by atoms with Crippen molar-refractivity contribution in [2.24, 2.45) is 4.99 Å². The average Bonchev–Trinajstić information content (AvgIpc) is 3.10. The summed E-state index contributed by atoms with van der Waals surface area (Å²) < 4.78 is 30.4. The molecule has 1 N–H and O–H groups in total. The lowest BCUT2D eigenvalue weighted by Gasteiger charge is -2.08. The van der Waals surface area contributed by atoms with Crippen molar-refractivity contribution in [3.05, 3.63) is 87.1 Å². The van der Waals surface area contributed by atoms with Crippen LogP contribution in [0.2, 0.25) is 10.0 Å². The average molecular weight is 506 g/mol. The predicted octanol–water partition coefficient (Wildman–Crippen LogP) is 5.57. The molecule has 0 radical (unpaired) electrons. The molecule has 0 unspecified atom stereocenters. The largest absolute Gasteiger partial charge is 0.317 e. The number of hydrogen-bond donors (Lipinski definition) is 1. The number of amides is 1. The molecule has 10 heteroatoms. The summed E-state index contributed by atoms with van der Waals surface area (Å²) in [5.41, 5.74) is 1.63. The molecule has 164 valence electrons. The fourth-order valence-electron chi connectivity index (χ4n) is 3.10. The Morgan fingerprint density at radius 3 is 2.31 bits per heavy atom. The maximum Gasteiger partial charge on any atom is 0.279 e. The minimum Gasteiger partial charge on any atom is -0.317 e. The number of thiazole rings is 1. The van der Waals surface area contributed by atoms with Crippen LogP contribution < -0.4 is 9.52 Å². The Morgan fingerprint density at radius 1 is 1.00 bits per heavy atom. The molecule has 1 amide bonds. The fraction of sp³-hybridized carbons (Fsp3) is 0.0909. The monoisotopic (exact) mass is 505 g/mol. The maximum atomic E-state index is 12.7. The summed E-state index contributed by atoms with van der Waals surface area (Å²) in [5.74, 6) is -0.419. The van der Waals surface area contributed by atoms with Crippen LogP contribution in [0.5, 0.6) is 0 Å². The van der Waals surface area contributed by atoms with Crippen molar-refractivity contribution in [3.8, 4) is 0 Å². The molecule has 0 saturated heterocycles. The second-order valence-electron chi connectivity index (χ2n) is 6.79. The third-order valence-electron chi connectivity index (χ3n) is 4.67. The van der Waals surface area contributed by atoms with E-state index in [1.807, 2.05) is 23.6 Å². The fourth-order valence-corrected chi connectivity index (χ4v) is 5.65. The second-order valence-corrected chi connectivity index (χ2v) is 10.4. The van der Waals surface area contributed by atoms with Gasteiger partial charge in [-0.1, -0.05) is 34.5 Å². The summed E-state index contributed by atoms with van der Waals surface area (Å²) >= 11 is 13.3. The number of aromatic nitrogens is 1. The lowest BCUT2D eigenvalue weighted by atomic mass is 10.2. The van der Waals surface area contributed by atoms with Gasteiger partial charge in [0.15, 0.2) is 4.80 Å². The molecule has 0 spiro atoms. The third-order valence-corrected chi connectivity index (χ3v) is 7.59. The Balaban J connectivity index is 1.59. The van der Waals surface area contributed by atoms with Crippen LogP contribution in [0.1, 0.15) is 17.3 Å². The number of carbonyl (C=O) groups excluding carboxylic acids is 1. The van der Waals surface area contributed by atoms with Crippen LogP contribution in [-0.2, 0) is 16.6 Å². The molecule has 0 saturated carbocycles. The second kappa shape index (κ2) is 9.07. The highest BCUT2D eigenvalue weighted by Crippen LogP contribution is 2.22. The molecule has 0 aliphatic heterocycles. The van der Waals surface area contributed by atoms with Crippen LogP contribution in [0.4, 0.5) is 5.69 Å². The van der Waals surface area contributed by atoms with E-state index in [1.165, 1.54) is 59.9 Å². The molecule has 6 nitrogen and oxygen atoms in total. The molecule has 4 rings (SSSR count). The Hall–Kier alpha value is -2.65. The van der Waals surface area contributed by atoms with Gasteiger partial charge in [-0.05, 0) is 73.7 Å². The molecular formula is C22H17Cl2N3O3S2. The van der Waals surface area contributed by atoms with E-state index in [-0.39, 0.29) is 4.90 Å². The van der Waals surface area contributed by atoms with Gasteiger partial charge < -0.3 is 4.57 Å². The molecule has 0 aliphatic carbocycles. The van der Waals surface area contributed by atoms with E-state index < -0.39 is 15.9 Å². The number of nitrogens with one attached hydrogen (secondary N) is 1. The number of carbonyl (C=O) groups is 1. The smallest absolute Gasteiger partial charge is 0.279 e. The highest BCUT2D eigenvalue weighted by molar-refractivity contribution is 7.92. The zero-order chi connectivity index (χ0) is 22.9. The van der Waals surface area contributed by atoms with E-state index >= 15 is 0 Å². The summed E-state index contributed by atoms with van der Waals surface area (Å²) in [7, 11) is -3.77. The van der Waals surface area contributed by atoms with Crippen LogP contribution in [-0.4, -0.2) is 18.9 Å². The lowest BCUT2D eigenvalue weighted by molar-refractivity contribution is 0.0998. The molecule has 0 atom stereocenters.